The van der Waals surface area contributed by atoms with Crippen molar-refractivity contribution in [3.63, 3.8) is 0 Å². The van der Waals surface area contributed by atoms with E-state index < -0.39 is 0 Å². The average Bonchev–Trinajstić information content (AvgIpc) is 3.03. The number of rotatable bonds is 6. The van der Waals surface area contributed by atoms with E-state index in [-0.39, 0.29) is 17.4 Å². The topological polar surface area (TPSA) is 59.8 Å². The third-order valence-electron chi connectivity index (χ3n) is 4.15. The van der Waals surface area contributed by atoms with Crippen LogP contribution in [0.25, 0.3) is 0 Å². The summed E-state index contributed by atoms with van der Waals surface area (Å²) in [5.74, 6) is 0.352. The molecule has 0 bridgehead atoms. The summed E-state index contributed by atoms with van der Waals surface area (Å²) in [6.07, 6.45) is 3.50. The Morgan fingerprint density at radius 3 is 2.38 bits per heavy atom. The van der Waals surface area contributed by atoms with Gasteiger partial charge in [-0.3, -0.25) is 9.48 Å². The van der Waals surface area contributed by atoms with Crippen LogP contribution in [0.1, 0.15) is 58.2 Å². The lowest BCUT2D eigenvalue weighted by molar-refractivity contribution is -0.122. The van der Waals surface area contributed by atoms with Crippen molar-refractivity contribution in [3.8, 4) is 0 Å². The Labute approximate surface area is 144 Å². The van der Waals surface area contributed by atoms with Gasteiger partial charge in [0, 0.05) is 6.42 Å². The molecule has 1 amide bonds. The summed E-state index contributed by atoms with van der Waals surface area (Å²) < 4.78 is 1.67. The van der Waals surface area contributed by atoms with Crippen LogP contribution in [0.15, 0.2) is 36.9 Å². The Hall–Kier alpha value is -2.17. The van der Waals surface area contributed by atoms with E-state index in [1.165, 1.54) is 11.9 Å². The average molecular weight is 328 g/mol. The van der Waals surface area contributed by atoms with Crippen molar-refractivity contribution in [2.75, 3.05) is 0 Å². The number of nitrogens with zero attached hydrogens (tertiary/aromatic N) is 3. The van der Waals surface area contributed by atoms with Crippen LogP contribution >= 0.6 is 0 Å². The number of nitrogens with one attached hydrogen (secondary N) is 1. The van der Waals surface area contributed by atoms with E-state index >= 15 is 0 Å². The number of amides is 1. The first-order valence-corrected chi connectivity index (χ1v) is 8.49. The zero-order valence-corrected chi connectivity index (χ0v) is 15.3. The molecule has 0 unspecified atom stereocenters. The molecule has 1 aromatic carbocycles. The van der Waals surface area contributed by atoms with Gasteiger partial charge >= 0.3 is 0 Å². The quantitative estimate of drug-likeness (QED) is 0.883. The van der Waals surface area contributed by atoms with Gasteiger partial charge in [0.1, 0.15) is 12.7 Å². The minimum absolute atomic E-state index is 0.0160. The van der Waals surface area contributed by atoms with Crippen molar-refractivity contribution in [3.05, 3.63) is 48.0 Å². The number of hydrogen-bond donors (Lipinski definition) is 1. The van der Waals surface area contributed by atoms with Gasteiger partial charge in [0.2, 0.25) is 5.91 Å². The van der Waals surface area contributed by atoms with Crippen molar-refractivity contribution in [2.45, 2.75) is 59.0 Å². The van der Waals surface area contributed by atoms with E-state index in [4.69, 9.17) is 0 Å². The molecule has 0 saturated heterocycles. The molecule has 130 valence electrons. The first kappa shape index (κ1) is 18.2. The van der Waals surface area contributed by atoms with Gasteiger partial charge in [-0.25, -0.2) is 4.98 Å². The Balaban J connectivity index is 2.02. The molecule has 24 heavy (non-hydrogen) atoms. The van der Waals surface area contributed by atoms with Crippen LogP contribution < -0.4 is 5.32 Å². The molecule has 0 fully saturated rings. The number of carbonyl (C=O) groups excluding carboxylic acids is 1. The molecule has 0 aliphatic carbocycles. The molecule has 2 aromatic rings. The molecule has 0 radical (unpaired) electrons. The number of benzene rings is 1. The Kier molecular flexibility index (Phi) is 5.75. The molecule has 0 aliphatic heterocycles. The van der Waals surface area contributed by atoms with Crippen LogP contribution in [-0.4, -0.2) is 20.7 Å². The fourth-order valence-electron chi connectivity index (χ4n) is 2.64. The van der Waals surface area contributed by atoms with Crippen molar-refractivity contribution in [1.82, 2.24) is 20.1 Å². The highest BCUT2D eigenvalue weighted by atomic mass is 16.1. The van der Waals surface area contributed by atoms with Crippen LogP contribution in [0.4, 0.5) is 0 Å². The van der Waals surface area contributed by atoms with Gasteiger partial charge in [-0.1, -0.05) is 58.9 Å². The zero-order chi connectivity index (χ0) is 17.7. The SMILES string of the molecule is CC(C)[C@H](NC(=O)CCn1cncn1)c1ccc(C(C)(C)C)cc1. The molecular weight excluding hydrogens is 300 g/mol. The van der Waals surface area contributed by atoms with Crippen LogP contribution in [0.2, 0.25) is 0 Å². The monoisotopic (exact) mass is 328 g/mol. The van der Waals surface area contributed by atoms with Gasteiger partial charge in [0.15, 0.2) is 0 Å². The van der Waals surface area contributed by atoms with Crippen molar-refractivity contribution in [1.29, 1.82) is 0 Å². The van der Waals surface area contributed by atoms with Crippen LogP contribution in [0.5, 0.6) is 0 Å². The first-order valence-electron chi connectivity index (χ1n) is 8.49. The van der Waals surface area contributed by atoms with E-state index in [1.807, 2.05) is 0 Å². The number of aryl methyl sites for hydroxylation is 1. The van der Waals surface area contributed by atoms with Gasteiger partial charge in [-0.2, -0.15) is 5.10 Å². The second-order valence-corrected chi connectivity index (χ2v) is 7.57. The lowest BCUT2D eigenvalue weighted by Crippen LogP contribution is -2.32. The molecule has 5 nitrogen and oxygen atoms in total. The molecule has 1 atom stereocenters. The summed E-state index contributed by atoms with van der Waals surface area (Å²) in [5, 5.41) is 7.17. The number of hydrogen-bond acceptors (Lipinski definition) is 3. The van der Waals surface area contributed by atoms with Crippen molar-refractivity contribution < 1.29 is 4.79 Å². The van der Waals surface area contributed by atoms with Crippen molar-refractivity contribution in [2.24, 2.45) is 5.92 Å². The van der Waals surface area contributed by atoms with Gasteiger partial charge in [-0.05, 0) is 22.5 Å². The molecule has 5 heteroatoms. The van der Waals surface area contributed by atoms with E-state index in [1.54, 1.807) is 11.0 Å². The Morgan fingerprint density at radius 2 is 1.88 bits per heavy atom. The fraction of sp³-hybridized carbons (Fsp3) is 0.526. The van der Waals surface area contributed by atoms with Crippen LogP contribution in [-0.2, 0) is 16.8 Å². The minimum atomic E-state index is 0.0160. The standard InChI is InChI=1S/C19H28N4O/c1-14(2)18(15-6-8-16(9-7-15)19(3,4)5)22-17(24)10-11-23-13-20-12-21-23/h6-9,12-14,18H,10-11H2,1-5H3,(H,22,24)/t18-/m0/s1. The first-order chi connectivity index (χ1) is 11.3. The summed E-state index contributed by atoms with van der Waals surface area (Å²) in [7, 11) is 0. The summed E-state index contributed by atoms with van der Waals surface area (Å²) in [6, 6.07) is 8.59. The summed E-state index contributed by atoms with van der Waals surface area (Å²) >= 11 is 0. The summed E-state index contributed by atoms with van der Waals surface area (Å²) in [4.78, 5) is 16.2. The van der Waals surface area contributed by atoms with E-state index in [9.17, 15) is 4.79 Å². The second-order valence-electron chi connectivity index (χ2n) is 7.57. The molecule has 0 spiro atoms. The maximum atomic E-state index is 12.3. The van der Waals surface area contributed by atoms with Gasteiger partial charge < -0.3 is 5.32 Å². The predicted octanol–water partition coefficient (Wildman–Crippen LogP) is 3.48. The van der Waals surface area contributed by atoms with E-state index in [2.05, 4.69) is 74.3 Å². The second kappa shape index (κ2) is 7.60. The van der Waals surface area contributed by atoms with Gasteiger partial charge in [0.05, 0.1) is 12.6 Å². The molecule has 1 N–H and O–H groups in total. The maximum absolute atomic E-state index is 12.3. The number of aromatic nitrogens is 3. The molecule has 1 aromatic heterocycles. The number of carbonyl (C=O) groups is 1. The lowest BCUT2D eigenvalue weighted by Gasteiger charge is -2.25. The molecule has 1 heterocycles. The van der Waals surface area contributed by atoms with Crippen molar-refractivity contribution >= 4 is 5.91 Å². The predicted molar refractivity (Wildman–Crippen MR) is 95.5 cm³/mol. The normalized spacial score (nSPS) is 13.1. The highest BCUT2D eigenvalue weighted by molar-refractivity contribution is 5.76. The molecule has 2 rings (SSSR count). The zero-order valence-electron chi connectivity index (χ0n) is 15.3. The third-order valence-corrected chi connectivity index (χ3v) is 4.15. The van der Waals surface area contributed by atoms with Crippen LogP contribution in [0, 0.1) is 5.92 Å². The smallest absolute Gasteiger partial charge is 0.222 e. The third kappa shape index (κ3) is 4.91. The lowest BCUT2D eigenvalue weighted by atomic mass is 9.85. The van der Waals surface area contributed by atoms with E-state index in [0.29, 0.717) is 18.9 Å². The molecule has 0 saturated carbocycles. The largest absolute Gasteiger partial charge is 0.349 e. The highest BCUT2D eigenvalue weighted by Gasteiger charge is 2.20. The minimum Gasteiger partial charge on any atom is -0.349 e. The van der Waals surface area contributed by atoms with Crippen LogP contribution in [0.3, 0.4) is 0 Å². The molecular formula is C19H28N4O. The maximum Gasteiger partial charge on any atom is 0.222 e. The summed E-state index contributed by atoms with van der Waals surface area (Å²) in [6.45, 7) is 11.4. The Bertz CT molecular complexity index is 639. The molecule has 0 aliphatic rings. The van der Waals surface area contributed by atoms with E-state index in [0.717, 1.165) is 5.56 Å². The Morgan fingerprint density at radius 1 is 1.21 bits per heavy atom. The van der Waals surface area contributed by atoms with Gasteiger partial charge in [-0.15, -0.1) is 0 Å². The fourth-order valence-corrected chi connectivity index (χ4v) is 2.64. The summed E-state index contributed by atoms with van der Waals surface area (Å²) in [5.41, 5.74) is 2.57. The highest BCUT2D eigenvalue weighted by Crippen LogP contribution is 2.26. The van der Waals surface area contributed by atoms with Gasteiger partial charge in [0.25, 0.3) is 0 Å².